The highest BCUT2D eigenvalue weighted by atomic mass is 19.1. The van der Waals surface area contributed by atoms with Gasteiger partial charge in [-0.15, -0.1) is 0 Å². The van der Waals surface area contributed by atoms with Crippen molar-refractivity contribution in [3.8, 4) is 0 Å². The SMILES string of the molecule is CCCC1(CCC)CCC(F)CNC(C(C(=O)NC2CNCCC2N2CCN(C)CC2)C(N)N)C1. The number of carbonyl (C=O) groups excluding carboxylic acids is 1. The number of carbonyl (C=O) groups is 1. The minimum atomic E-state index is -0.909. The largest absolute Gasteiger partial charge is 0.350 e. The van der Waals surface area contributed by atoms with Crippen LogP contribution in [-0.4, -0.2) is 99.0 Å². The molecule has 1 amide bonds. The number of amides is 1. The number of hydrogen-bond acceptors (Lipinski definition) is 7. The van der Waals surface area contributed by atoms with Crippen molar-refractivity contribution in [1.29, 1.82) is 0 Å². The van der Waals surface area contributed by atoms with Crippen LogP contribution in [0.1, 0.15) is 65.2 Å². The fourth-order valence-corrected chi connectivity index (χ4v) is 6.87. The lowest BCUT2D eigenvalue weighted by molar-refractivity contribution is -0.128. The van der Waals surface area contributed by atoms with Gasteiger partial charge in [-0.2, -0.15) is 0 Å². The minimum Gasteiger partial charge on any atom is -0.350 e. The van der Waals surface area contributed by atoms with E-state index in [1.54, 1.807) is 0 Å². The maximum absolute atomic E-state index is 14.7. The summed E-state index contributed by atoms with van der Waals surface area (Å²) in [7, 11) is 2.16. The second-order valence-corrected chi connectivity index (χ2v) is 11.5. The van der Waals surface area contributed by atoms with Crippen molar-refractivity contribution in [2.45, 2.75) is 95.7 Å². The molecule has 5 unspecified atom stereocenters. The van der Waals surface area contributed by atoms with E-state index in [0.29, 0.717) is 12.5 Å². The van der Waals surface area contributed by atoms with E-state index >= 15 is 0 Å². The van der Waals surface area contributed by atoms with Crippen molar-refractivity contribution < 1.29 is 9.18 Å². The van der Waals surface area contributed by atoms with Crippen LogP contribution in [0.2, 0.25) is 0 Å². The van der Waals surface area contributed by atoms with Gasteiger partial charge in [-0.3, -0.25) is 9.69 Å². The lowest BCUT2D eigenvalue weighted by atomic mass is 9.68. The van der Waals surface area contributed by atoms with Crippen LogP contribution in [0.5, 0.6) is 0 Å². The summed E-state index contributed by atoms with van der Waals surface area (Å²) < 4.78 is 14.7. The van der Waals surface area contributed by atoms with E-state index in [0.717, 1.165) is 84.2 Å². The molecule has 0 aromatic rings. The number of halogens is 1. The molecular weight excluding hydrogens is 445 g/mol. The van der Waals surface area contributed by atoms with Gasteiger partial charge in [0.1, 0.15) is 6.17 Å². The highest BCUT2D eigenvalue weighted by Gasteiger charge is 2.42. The molecule has 0 radical (unpaired) electrons. The number of piperidine rings is 1. The zero-order chi connectivity index (χ0) is 25.4. The molecule has 0 bridgehead atoms. The van der Waals surface area contributed by atoms with Gasteiger partial charge in [0.2, 0.25) is 5.91 Å². The number of alkyl halides is 1. The van der Waals surface area contributed by atoms with Crippen LogP contribution >= 0.6 is 0 Å². The molecule has 5 atom stereocenters. The Kier molecular flexibility index (Phi) is 11.2. The van der Waals surface area contributed by atoms with Gasteiger partial charge in [-0.1, -0.05) is 26.7 Å². The Morgan fingerprint density at radius 3 is 2.43 bits per heavy atom. The van der Waals surface area contributed by atoms with Gasteiger partial charge >= 0.3 is 0 Å². The number of nitrogens with one attached hydrogen (secondary N) is 3. The van der Waals surface area contributed by atoms with E-state index in [1.165, 1.54) is 0 Å². The third-order valence-corrected chi connectivity index (χ3v) is 8.73. The van der Waals surface area contributed by atoms with Crippen LogP contribution in [0.15, 0.2) is 0 Å². The van der Waals surface area contributed by atoms with Crippen molar-refractivity contribution in [2.24, 2.45) is 22.8 Å². The van der Waals surface area contributed by atoms with Gasteiger partial charge in [-0.05, 0) is 57.5 Å². The molecule has 204 valence electrons. The van der Waals surface area contributed by atoms with Crippen molar-refractivity contribution in [3.05, 3.63) is 0 Å². The van der Waals surface area contributed by atoms with Crippen LogP contribution in [0.3, 0.4) is 0 Å². The summed E-state index contributed by atoms with van der Waals surface area (Å²) in [6, 6.07) is 0.0908. The van der Waals surface area contributed by atoms with Gasteiger partial charge in [0.25, 0.3) is 0 Å². The van der Waals surface area contributed by atoms with Crippen LogP contribution in [-0.2, 0) is 4.79 Å². The third-order valence-electron chi connectivity index (χ3n) is 8.73. The van der Waals surface area contributed by atoms with Gasteiger partial charge in [0, 0.05) is 51.4 Å². The molecule has 0 aliphatic carbocycles. The van der Waals surface area contributed by atoms with Crippen molar-refractivity contribution in [2.75, 3.05) is 52.9 Å². The Labute approximate surface area is 212 Å². The average Bonchev–Trinajstić information content (AvgIpc) is 2.81. The van der Waals surface area contributed by atoms with Gasteiger partial charge in [0.15, 0.2) is 0 Å². The lowest BCUT2D eigenvalue weighted by Gasteiger charge is -2.45. The Morgan fingerprint density at radius 2 is 1.80 bits per heavy atom. The highest BCUT2D eigenvalue weighted by Crippen LogP contribution is 2.42. The number of nitrogens with zero attached hydrogens (tertiary/aromatic N) is 2. The molecule has 8 nitrogen and oxygen atoms in total. The van der Waals surface area contributed by atoms with Crippen molar-refractivity contribution in [3.63, 3.8) is 0 Å². The molecule has 3 aliphatic heterocycles. The molecular formula is C26H52FN7O. The van der Waals surface area contributed by atoms with Crippen LogP contribution in [0.4, 0.5) is 4.39 Å². The molecule has 7 N–H and O–H groups in total. The molecule has 3 saturated heterocycles. The van der Waals surface area contributed by atoms with Gasteiger partial charge in [-0.25, -0.2) is 4.39 Å². The number of hydrogen-bond donors (Lipinski definition) is 5. The number of piperazine rings is 1. The number of nitrogens with two attached hydrogens (primary N) is 2. The fourth-order valence-electron chi connectivity index (χ4n) is 6.87. The topological polar surface area (TPSA) is 112 Å². The van der Waals surface area contributed by atoms with E-state index in [-0.39, 0.29) is 30.0 Å². The van der Waals surface area contributed by atoms with E-state index in [1.807, 2.05) is 0 Å². The molecule has 3 heterocycles. The van der Waals surface area contributed by atoms with E-state index in [4.69, 9.17) is 11.5 Å². The first-order chi connectivity index (χ1) is 16.8. The normalized spacial score (nSPS) is 32.1. The summed E-state index contributed by atoms with van der Waals surface area (Å²) in [5.41, 5.74) is 12.6. The van der Waals surface area contributed by atoms with Crippen molar-refractivity contribution in [1.82, 2.24) is 25.8 Å². The van der Waals surface area contributed by atoms with Crippen LogP contribution < -0.4 is 27.4 Å². The second kappa shape index (κ2) is 13.6. The predicted molar refractivity (Wildman–Crippen MR) is 141 cm³/mol. The van der Waals surface area contributed by atoms with E-state index in [9.17, 15) is 9.18 Å². The third kappa shape index (κ3) is 7.82. The monoisotopic (exact) mass is 497 g/mol. The summed E-state index contributed by atoms with van der Waals surface area (Å²) in [4.78, 5) is 18.7. The molecule has 0 spiro atoms. The first-order valence-electron chi connectivity index (χ1n) is 14.1. The summed E-state index contributed by atoms with van der Waals surface area (Å²) in [6.45, 7) is 10.5. The fraction of sp³-hybridized carbons (Fsp3) is 0.962. The molecule has 3 fully saturated rings. The zero-order valence-corrected chi connectivity index (χ0v) is 22.4. The maximum atomic E-state index is 14.7. The smallest absolute Gasteiger partial charge is 0.227 e. The molecule has 9 heteroatoms. The second-order valence-electron chi connectivity index (χ2n) is 11.5. The summed E-state index contributed by atoms with van der Waals surface area (Å²) in [5, 5.41) is 10.2. The minimum absolute atomic E-state index is 0.0134. The molecule has 35 heavy (non-hydrogen) atoms. The predicted octanol–water partition coefficient (Wildman–Crippen LogP) is 1.01. The molecule has 3 aliphatic rings. The standard InChI is InChI=1S/C26H52FN7O/c1-4-8-26(9-5-2)10-6-19(27)17-31-20(16-26)23(24(28)29)25(35)32-21-18-30-11-7-22(21)34-14-12-33(3)13-15-34/h19-24,30-31H,4-18,28-29H2,1-3H3,(H,32,35). The Bertz CT molecular complexity index is 637. The van der Waals surface area contributed by atoms with Crippen molar-refractivity contribution >= 4 is 5.91 Å². The molecule has 3 rings (SSSR count). The average molecular weight is 498 g/mol. The summed E-state index contributed by atoms with van der Waals surface area (Å²) in [6.07, 6.45) is 5.73. The highest BCUT2D eigenvalue weighted by molar-refractivity contribution is 5.80. The van der Waals surface area contributed by atoms with Gasteiger partial charge < -0.3 is 32.3 Å². The molecule has 0 saturated carbocycles. The number of likely N-dealkylation sites (N-methyl/N-ethyl adjacent to an activating group) is 1. The number of rotatable bonds is 9. The lowest BCUT2D eigenvalue weighted by Crippen LogP contribution is -2.65. The van der Waals surface area contributed by atoms with Gasteiger partial charge in [0.05, 0.1) is 18.1 Å². The first kappa shape index (κ1) is 28.7. The summed E-state index contributed by atoms with van der Waals surface area (Å²) >= 11 is 0. The Hall–Kier alpha value is -0.840. The molecule has 0 aromatic carbocycles. The van der Waals surface area contributed by atoms with E-state index < -0.39 is 18.3 Å². The quantitative estimate of drug-likeness (QED) is 0.302. The van der Waals surface area contributed by atoms with Crippen LogP contribution in [0.25, 0.3) is 0 Å². The summed E-state index contributed by atoms with van der Waals surface area (Å²) in [5.74, 6) is -0.688. The zero-order valence-electron chi connectivity index (χ0n) is 22.4. The first-order valence-corrected chi connectivity index (χ1v) is 14.1. The van der Waals surface area contributed by atoms with E-state index in [2.05, 4.69) is 46.6 Å². The molecule has 0 aromatic heterocycles. The Morgan fingerprint density at radius 1 is 1.11 bits per heavy atom. The maximum Gasteiger partial charge on any atom is 0.227 e. The Balaban J connectivity index is 1.76. The van der Waals surface area contributed by atoms with Crippen LogP contribution in [0, 0.1) is 11.3 Å².